The first-order chi connectivity index (χ1) is 34.6. The maximum atomic E-state index is 13.7. The first-order valence-corrected chi connectivity index (χ1v) is 27.2. The third kappa shape index (κ3) is 15.6. The number of carbonyl (C=O) groups is 7. The topological polar surface area (TPSA) is 175 Å². The van der Waals surface area contributed by atoms with E-state index in [-0.39, 0.29) is 83.6 Å². The Balaban J connectivity index is 0.867. The second-order valence-electron chi connectivity index (χ2n) is 20.7. The van der Waals surface area contributed by atoms with Gasteiger partial charge in [0.15, 0.2) is 5.78 Å². The van der Waals surface area contributed by atoms with E-state index in [1.807, 2.05) is 26.0 Å². The Bertz CT molecular complexity index is 2390. The Morgan fingerprint density at radius 1 is 0.556 bits per heavy atom. The van der Waals surface area contributed by atoms with Gasteiger partial charge < -0.3 is 28.4 Å². The maximum absolute atomic E-state index is 13.7. The zero-order chi connectivity index (χ0) is 51.3. The molecular formula is C57H69ClO13S. The number of thiophene rings is 1. The van der Waals surface area contributed by atoms with Gasteiger partial charge in [-0.15, -0.1) is 11.3 Å². The molecule has 13 nitrogen and oxygen atoms in total. The minimum absolute atomic E-state index is 0.0247. The second-order valence-corrected chi connectivity index (χ2v) is 22.4. The summed E-state index contributed by atoms with van der Waals surface area (Å²) >= 11 is 7.22. The number of allylic oxidation sites excluding steroid dienone is 1. The number of esters is 6. The van der Waals surface area contributed by atoms with E-state index in [4.69, 9.17) is 40.0 Å². The minimum Gasteiger partial charge on any atom is -0.465 e. The summed E-state index contributed by atoms with van der Waals surface area (Å²) in [6.45, 7) is 7.56. The quantitative estimate of drug-likeness (QED) is 0.0387. The summed E-state index contributed by atoms with van der Waals surface area (Å²) < 4.78 is 34.9. The molecule has 388 valence electrons. The van der Waals surface area contributed by atoms with Gasteiger partial charge in [0.25, 0.3) is 0 Å². The molecule has 4 aliphatic rings. The van der Waals surface area contributed by atoms with Crippen LogP contribution in [0.1, 0.15) is 151 Å². The van der Waals surface area contributed by atoms with E-state index in [0.29, 0.717) is 90.1 Å². The molecule has 0 saturated heterocycles. The van der Waals surface area contributed by atoms with Crippen molar-refractivity contribution in [1.82, 2.24) is 0 Å². The minimum atomic E-state index is -0.454. The summed E-state index contributed by atoms with van der Waals surface area (Å²) in [5.74, 6) is -1.96. The van der Waals surface area contributed by atoms with Crippen molar-refractivity contribution < 1.29 is 62.0 Å². The molecule has 0 bridgehead atoms. The first kappa shape index (κ1) is 54.4. The van der Waals surface area contributed by atoms with Gasteiger partial charge >= 0.3 is 35.8 Å². The molecule has 7 rings (SSSR count). The molecule has 0 N–H and O–H groups in total. The fourth-order valence-electron chi connectivity index (χ4n) is 10.3. The van der Waals surface area contributed by atoms with E-state index in [9.17, 15) is 33.6 Å². The van der Waals surface area contributed by atoms with Crippen molar-refractivity contribution >= 4 is 70.6 Å². The van der Waals surface area contributed by atoms with Crippen molar-refractivity contribution in [2.75, 3.05) is 6.61 Å². The molecule has 0 unspecified atom stereocenters. The van der Waals surface area contributed by atoms with Crippen LogP contribution in [-0.4, -0.2) is 60.4 Å². The lowest BCUT2D eigenvalue weighted by Crippen LogP contribution is -2.34. The molecule has 3 aromatic rings. The largest absolute Gasteiger partial charge is 0.465 e. The van der Waals surface area contributed by atoms with Crippen molar-refractivity contribution in [2.24, 2.45) is 47.3 Å². The fraction of sp³-hybridized carbons (Fsp3) is 0.561. The average Bonchev–Trinajstić information content (AvgIpc) is 3.83. The van der Waals surface area contributed by atoms with Crippen LogP contribution in [0.2, 0.25) is 4.34 Å². The highest BCUT2D eigenvalue weighted by Crippen LogP contribution is 2.41. The highest BCUT2D eigenvalue weighted by atomic mass is 35.5. The highest BCUT2D eigenvalue weighted by Gasteiger charge is 2.37. The van der Waals surface area contributed by atoms with Gasteiger partial charge in [-0.25, -0.2) is 0 Å². The molecule has 4 saturated carbocycles. The maximum Gasteiger partial charge on any atom is 0.314 e. The molecule has 1 aromatic heterocycles. The zero-order valence-corrected chi connectivity index (χ0v) is 43.5. The number of carbonyl (C=O) groups excluding carboxylic acids is 7. The number of ketones is 1. The van der Waals surface area contributed by atoms with E-state index in [1.165, 1.54) is 12.2 Å². The summed E-state index contributed by atoms with van der Waals surface area (Å²) in [6.07, 6.45) is 14.7. The molecule has 0 radical (unpaired) electrons. The van der Waals surface area contributed by atoms with Gasteiger partial charge in [0.1, 0.15) is 29.5 Å². The molecule has 15 heteroatoms. The standard InChI is InChI=1S/C57H69ClO13S/c1-34(2)52(60)66-32-31-36-5-20-44(21-6-36)68-54(62)39-7-9-41(10-8-39)56(64)70-47-26-28-49(43(33-47)19-27-48(59)50-29-30-51(58)72-50)71-57(65)42-13-11-40(12-14-42)55(63)69-46-24-17-38(18-25-46)37-15-22-45(23-16-37)67-53(61)35(3)4/h5-6,19-21,26-30,33-35,37-42,45-46H,7-18,22-25,31-32H2,1-4H3/b27-19+. The molecular weight excluding hydrogens is 960 g/mol. The van der Waals surface area contributed by atoms with Crippen LogP contribution in [0, 0.1) is 47.3 Å². The van der Waals surface area contributed by atoms with Gasteiger partial charge in [-0.1, -0.05) is 51.4 Å². The smallest absolute Gasteiger partial charge is 0.314 e. The predicted octanol–water partition coefficient (Wildman–Crippen LogP) is 11.9. The van der Waals surface area contributed by atoms with E-state index < -0.39 is 23.8 Å². The molecule has 0 atom stereocenters. The van der Waals surface area contributed by atoms with Crippen LogP contribution in [-0.2, 0) is 49.4 Å². The SMILES string of the molecule is CC(C)C(=O)OCCc1ccc(OC(=O)C2CCC(C(=O)Oc3ccc(OC(=O)C4CCC(C(=O)OC5CCC(C6CCC(OC(=O)C(C)C)CC6)CC5)CC4)c(/C=C/C(=O)c4ccc(Cl)s4)c3)CC2)cc1. The van der Waals surface area contributed by atoms with E-state index >= 15 is 0 Å². The van der Waals surface area contributed by atoms with Crippen LogP contribution in [0.3, 0.4) is 0 Å². The zero-order valence-electron chi connectivity index (χ0n) is 41.9. The van der Waals surface area contributed by atoms with Crippen molar-refractivity contribution in [3.8, 4) is 17.2 Å². The number of rotatable bonds is 18. The van der Waals surface area contributed by atoms with Crippen LogP contribution in [0.25, 0.3) is 6.08 Å². The van der Waals surface area contributed by atoms with Gasteiger partial charge in [0, 0.05) is 12.0 Å². The fourth-order valence-corrected chi connectivity index (χ4v) is 11.3. The van der Waals surface area contributed by atoms with Crippen molar-refractivity contribution in [1.29, 1.82) is 0 Å². The second kappa shape index (κ2) is 26.0. The number of benzene rings is 2. The Morgan fingerprint density at radius 3 is 1.56 bits per heavy atom. The van der Waals surface area contributed by atoms with E-state index in [1.54, 1.807) is 56.3 Å². The number of ether oxygens (including phenoxy) is 6. The van der Waals surface area contributed by atoms with Gasteiger partial charge in [0.2, 0.25) is 0 Å². The van der Waals surface area contributed by atoms with Crippen molar-refractivity contribution in [2.45, 2.75) is 149 Å². The molecule has 72 heavy (non-hydrogen) atoms. The molecule has 0 spiro atoms. The van der Waals surface area contributed by atoms with Crippen LogP contribution < -0.4 is 14.2 Å². The van der Waals surface area contributed by atoms with E-state index in [0.717, 1.165) is 68.3 Å². The average molecular weight is 1030 g/mol. The number of hydrogen-bond donors (Lipinski definition) is 0. The molecule has 1 heterocycles. The lowest BCUT2D eigenvalue weighted by atomic mass is 9.72. The van der Waals surface area contributed by atoms with Crippen LogP contribution in [0.5, 0.6) is 17.2 Å². The van der Waals surface area contributed by atoms with Gasteiger partial charge in [-0.05, 0) is 175 Å². The Morgan fingerprint density at radius 2 is 1.04 bits per heavy atom. The third-order valence-corrected chi connectivity index (χ3v) is 16.1. The summed E-state index contributed by atoms with van der Waals surface area (Å²) in [5, 5.41) is 0. The molecule has 2 aromatic carbocycles. The lowest BCUT2D eigenvalue weighted by molar-refractivity contribution is -0.159. The van der Waals surface area contributed by atoms with Crippen LogP contribution in [0.4, 0.5) is 0 Å². The Kier molecular flexibility index (Phi) is 19.7. The molecule has 4 fully saturated rings. The van der Waals surface area contributed by atoms with Crippen molar-refractivity contribution in [3.05, 3.63) is 81.0 Å². The molecule has 0 aliphatic heterocycles. The van der Waals surface area contributed by atoms with Crippen LogP contribution in [0.15, 0.2) is 60.7 Å². The number of halogens is 1. The van der Waals surface area contributed by atoms with Gasteiger partial charge in [0.05, 0.1) is 51.3 Å². The Labute approximate surface area is 432 Å². The highest BCUT2D eigenvalue weighted by molar-refractivity contribution is 7.18. The normalized spacial score (nSPS) is 24.5. The van der Waals surface area contributed by atoms with Gasteiger partial charge in [-0.2, -0.15) is 0 Å². The summed E-state index contributed by atoms with van der Waals surface area (Å²) in [4.78, 5) is 90.8. The van der Waals surface area contributed by atoms with Crippen molar-refractivity contribution in [3.63, 3.8) is 0 Å². The third-order valence-electron chi connectivity index (χ3n) is 14.8. The van der Waals surface area contributed by atoms with Gasteiger partial charge in [-0.3, -0.25) is 33.6 Å². The van der Waals surface area contributed by atoms with Crippen LogP contribution >= 0.6 is 22.9 Å². The first-order valence-electron chi connectivity index (χ1n) is 26.0. The molecule has 4 aliphatic carbocycles. The predicted molar refractivity (Wildman–Crippen MR) is 271 cm³/mol. The lowest BCUT2D eigenvalue weighted by Gasteiger charge is -2.38. The summed E-state index contributed by atoms with van der Waals surface area (Å²) in [7, 11) is 0. The monoisotopic (exact) mass is 1030 g/mol. The molecule has 0 amide bonds. The number of hydrogen-bond acceptors (Lipinski definition) is 14. The summed E-state index contributed by atoms with van der Waals surface area (Å²) in [5.41, 5.74) is 1.30. The summed E-state index contributed by atoms with van der Waals surface area (Å²) in [6, 6.07) is 15.0. The Hall–Kier alpha value is -5.34. The van der Waals surface area contributed by atoms with E-state index in [2.05, 4.69) is 0 Å².